The lowest BCUT2D eigenvalue weighted by Crippen LogP contribution is -2.21. The van der Waals surface area contributed by atoms with Crippen molar-refractivity contribution in [2.24, 2.45) is 0 Å². The Bertz CT molecular complexity index is 149. The van der Waals surface area contributed by atoms with Crippen molar-refractivity contribution in [3.63, 3.8) is 0 Å². The molecule has 1 heterocycles. The number of esters is 1. The van der Waals surface area contributed by atoms with Crippen LogP contribution in [0.3, 0.4) is 0 Å². The van der Waals surface area contributed by atoms with Crippen molar-refractivity contribution in [2.75, 3.05) is 0 Å². The van der Waals surface area contributed by atoms with Gasteiger partial charge >= 0.3 is 5.97 Å². The summed E-state index contributed by atoms with van der Waals surface area (Å²) < 4.78 is 5.00. The molecule has 0 radical (unpaired) electrons. The zero-order valence-corrected chi connectivity index (χ0v) is 6.17. The molecule has 10 heavy (non-hydrogen) atoms. The lowest BCUT2D eigenvalue weighted by molar-refractivity contribution is -0.150. The molecular formula is C8H12O2. The summed E-state index contributed by atoms with van der Waals surface area (Å²) in [4.78, 5) is 10.7. The van der Waals surface area contributed by atoms with E-state index in [1.807, 2.05) is 19.1 Å². The molecule has 1 aliphatic heterocycles. The molecule has 0 aromatic heterocycles. The van der Waals surface area contributed by atoms with Crippen molar-refractivity contribution in [3.8, 4) is 0 Å². The summed E-state index contributed by atoms with van der Waals surface area (Å²) in [5.41, 5.74) is 0. The van der Waals surface area contributed by atoms with Crippen LogP contribution in [0.2, 0.25) is 0 Å². The minimum atomic E-state index is -0.0608. The zero-order chi connectivity index (χ0) is 7.40. The van der Waals surface area contributed by atoms with E-state index in [9.17, 15) is 4.79 Å². The number of hydrogen-bond donors (Lipinski definition) is 0. The Hall–Kier alpha value is -0.790. The number of carbonyl (C=O) groups is 1. The van der Waals surface area contributed by atoms with Gasteiger partial charge in [-0.1, -0.05) is 6.08 Å². The largest absolute Gasteiger partial charge is 0.458 e. The highest BCUT2D eigenvalue weighted by Crippen LogP contribution is 2.14. The van der Waals surface area contributed by atoms with E-state index in [2.05, 4.69) is 0 Å². The third-order valence-electron chi connectivity index (χ3n) is 1.56. The van der Waals surface area contributed by atoms with Gasteiger partial charge < -0.3 is 4.74 Å². The first kappa shape index (κ1) is 7.32. The van der Waals surface area contributed by atoms with Crippen LogP contribution in [0.25, 0.3) is 0 Å². The summed E-state index contributed by atoms with van der Waals surface area (Å²) in [7, 11) is 0. The van der Waals surface area contributed by atoms with Crippen molar-refractivity contribution < 1.29 is 9.53 Å². The molecule has 2 heteroatoms. The van der Waals surface area contributed by atoms with Gasteiger partial charge in [-0.05, 0) is 25.8 Å². The third-order valence-corrected chi connectivity index (χ3v) is 1.56. The highest BCUT2D eigenvalue weighted by Gasteiger charge is 2.16. The molecule has 1 rings (SSSR count). The van der Waals surface area contributed by atoms with Crippen molar-refractivity contribution >= 4 is 5.97 Å². The Balaban J connectivity index is 2.39. The zero-order valence-electron chi connectivity index (χ0n) is 6.17. The molecule has 0 aromatic carbocycles. The van der Waals surface area contributed by atoms with E-state index in [0.717, 1.165) is 12.8 Å². The summed E-state index contributed by atoms with van der Waals surface area (Å²) >= 11 is 0. The first-order valence-electron chi connectivity index (χ1n) is 3.65. The van der Waals surface area contributed by atoms with Crippen LogP contribution in [0.15, 0.2) is 12.2 Å². The van der Waals surface area contributed by atoms with E-state index < -0.39 is 0 Å². The Morgan fingerprint density at radius 3 is 3.10 bits per heavy atom. The van der Waals surface area contributed by atoms with Crippen LogP contribution in [0.5, 0.6) is 0 Å². The first-order valence-corrected chi connectivity index (χ1v) is 3.65. The van der Waals surface area contributed by atoms with Gasteiger partial charge in [0.05, 0.1) is 0 Å². The molecule has 0 bridgehead atoms. The highest BCUT2D eigenvalue weighted by molar-refractivity contribution is 5.70. The van der Waals surface area contributed by atoms with Crippen molar-refractivity contribution in [2.45, 2.75) is 32.3 Å². The van der Waals surface area contributed by atoms with Gasteiger partial charge in [0, 0.05) is 6.42 Å². The number of carbonyl (C=O) groups excluding carboxylic acids is 1. The Morgan fingerprint density at radius 1 is 1.70 bits per heavy atom. The monoisotopic (exact) mass is 140 g/mol. The SMILES string of the molecule is C/C=C/[C@H]1CCCC(=O)O1. The maximum atomic E-state index is 10.7. The minimum Gasteiger partial charge on any atom is -0.458 e. The Kier molecular flexibility index (Phi) is 2.49. The summed E-state index contributed by atoms with van der Waals surface area (Å²) in [6, 6.07) is 0. The molecule has 1 fully saturated rings. The lowest BCUT2D eigenvalue weighted by Gasteiger charge is -2.18. The quantitative estimate of drug-likeness (QED) is 0.409. The molecule has 2 nitrogen and oxygen atoms in total. The van der Waals surface area contributed by atoms with Crippen LogP contribution in [0.4, 0.5) is 0 Å². The maximum Gasteiger partial charge on any atom is 0.306 e. The van der Waals surface area contributed by atoms with Gasteiger partial charge in [0.25, 0.3) is 0 Å². The average Bonchev–Trinajstić information content (AvgIpc) is 1.88. The van der Waals surface area contributed by atoms with E-state index in [4.69, 9.17) is 4.74 Å². The second kappa shape index (κ2) is 3.40. The predicted molar refractivity (Wildman–Crippen MR) is 38.5 cm³/mol. The van der Waals surface area contributed by atoms with Crippen molar-refractivity contribution in [1.29, 1.82) is 0 Å². The van der Waals surface area contributed by atoms with Gasteiger partial charge in [0.1, 0.15) is 6.10 Å². The van der Waals surface area contributed by atoms with E-state index >= 15 is 0 Å². The molecule has 0 unspecified atom stereocenters. The van der Waals surface area contributed by atoms with Crippen LogP contribution in [0.1, 0.15) is 26.2 Å². The summed E-state index contributed by atoms with van der Waals surface area (Å²) in [6.45, 7) is 1.93. The van der Waals surface area contributed by atoms with E-state index in [1.165, 1.54) is 0 Å². The van der Waals surface area contributed by atoms with Gasteiger partial charge in [0.2, 0.25) is 0 Å². The lowest BCUT2D eigenvalue weighted by atomic mass is 10.1. The maximum absolute atomic E-state index is 10.7. The molecule has 0 amide bonds. The Labute approximate surface area is 60.9 Å². The van der Waals surface area contributed by atoms with Gasteiger partial charge in [-0.25, -0.2) is 0 Å². The molecule has 1 saturated heterocycles. The Morgan fingerprint density at radius 2 is 2.50 bits per heavy atom. The minimum absolute atomic E-state index is 0.0475. The summed E-state index contributed by atoms with van der Waals surface area (Å²) in [6.07, 6.45) is 6.43. The number of cyclic esters (lactones) is 1. The van der Waals surface area contributed by atoms with Crippen LogP contribution in [-0.4, -0.2) is 12.1 Å². The molecule has 0 aliphatic carbocycles. The molecule has 1 atom stereocenters. The van der Waals surface area contributed by atoms with Crippen LogP contribution < -0.4 is 0 Å². The normalized spacial score (nSPS) is 26.9. The molecular weight excluding hydrogens is 128 g/mol. The molecule has 1 aliphatic rings. The van der Waals surface area contributed by atoms with E-state index in [-0.39, 0.29) is 12.1 Å². The van der Waals surface area contributed by atoms with E-state index in [1.54, 1.807) is 0 Å². The molecule has 0 N–H and O–H groups in total. The number of hydrogen-bond acceptors (Lipinski definition) is 2. The smallest absolute Gasteiger partial charge is 0.306 e. The number of rotatable bonds is 1. The molecule has 0 aromatic rings. The van der Waals surface area contributed by atoms with Gasteiger partial charge in [-0.3, -0.25) is 4.79 Å². The predicted octanol–water partition coefficient (Wildman–Crippen LogP) is 1.66. The topological polar surface area (TPSA) is 26.3 Å². The highest BCUT2D eigenvalue weighted by atomic mass is 16.5. The van der Waals surface area contributed by atoms with Gasteiger partial charge in [-0.2, -0.15) is 0 Å². The fraction of sp³-hybridized carbons (Fsp3) is 0.625. The fourth-order valence-electron chi connectivity index (χ4n) is 1.08. The first-order chi connectivity index (χ1) is 4.83. The standard InChI is InChI=1S/C8H12O2/c1-2-4-7-5-3-6-8(9)10-7/h2,4,7H,3,5-6H2,1H3/b4-2+/t7-/m0/s1. The number of allylic oxidation sites excluding steroid dienone is 1. The fourth-order valence-corrected chi connectivity index (χ4v) is 1.08. The van der Waals surface area contributed by atoms with Crippen LogP contribution >= 0.6 is 0 Å². The van der Waals surface area contributed by atoms with Crippen molar-refractivity contribution in [3.05, 3.63) is 12.2 Å². The third kappa shape index (κ3) is 1.87. The molecule has 0 spiro atoms. The van der Waals surface area contributed by atoms with Gasteiger partial charge in [-0.15, -0.1) is 0 Å². The summed E-state index contributed by atoms with van der Waals surface area (Å²) in [5, 5.41) is 0. The average molecular weight is 140 g/mol. The van der Waals surface area contributed by atoms with Gasteiger partial charge in [0.15, 0.2) is 0 Å². The molecule has 0 saturated carbocycles. The summed E-state index contributed by atoms with van der Waals surface area (Å²) in [5.74, 6) is -0.0608. The second-order valence-electron chi connectivity index (χ2n) is 2.45. The van der Waals surface area contributed by atoms with Crippen LogP contribution in [0, 0.1) is 0 Å². The number of ether oxygens (including phenoxy) is 1. The van der Waals surface area contributed by atoms with Crippen molar-refractivity contribution in [1.82, 2.24) is 0 Å². The molecule has 56 valence electrons. The second-order valence-corrected chi connectivity index (χ2v) is 2.45. The van der Waals surface area contributed by atoms with Crippen LogP contribution in [-0.2, 0) is 9.53 Å². The van der Waals surface area contributed by atoms with E-state index in [0.29, 0.717) is 6.42 Å².